The fraction of sp³-hybridized carbons (Fsp3) is 0.960. The fourth-order valence-electron chi connectivity index (χ4n) is 8.87. The quantitative estimate of drug-likeness (QED) is 0.636. The molecule has 4 rings (SSSR count). The molecule has 0 amide bonds. The molecule has 9 atom stereocenters. The van der Waals surface area contributed by atoms with E-state index in [1.807, 2.05) is 0 Å². The Kier molecular flexibility index (Phi) is 5.61. The third-order valence-electron chi connectivity index (χ3n) is 10.5. The van der Waals surface area contributed by atoms with Gasteiger partial charge >= 0.3 is 5.97 Å². The summed E-state index contributed by atoms with van der Waals surface area (Å²) in [7, 11) is 1.48. The van der Waals surface area contributed by atoms with Crippen LogP contribution in [0.3, 0.4) is 0 Å². The van der Waals surface area contributed by atoms with Crippen LogP contribution in [0.1, 0.15) is 91.4 Å². The Morgan fingerprint density at radius 3 is 2.64 bits per heavy atom. The molecule has 1 N–H and O–H groups in total. The van der Waals surface area contributed by atoms with Crippen LogP contribution in [0.15, 0.2) is 0 Å². The van der Waals surface area contributed by atoms with E-state index in [4.69, 9.17) is 4.74 Å². The van der Waals surface area contributed by atoms with E-state index >= 15 is 0 Å². The zero-order chi connectivity index (χ0) is 20.1. The smallest absolute Gasteiger partial charge is 0.305 e. The molecule has 0 bridgehead atoms. The fourth-order valence-corrected chi connectivity index (χ4v) is 8.87. The topological polar surface area (TPSA) is 46.5 Å². The molecular formula is C25H42O3. The highest BCUT2D eigenvalue weighted by atomic mass is 16.5. The van der Waals surface area contributed by atoms with Gasteiger partial charge in [0.15, 0.2) is 0 Å². The molecule has 4 fully saturated rings. The number of hydrogen-bond acceptors (Lipinski definition) is 3. The molecule has 0 aromatic carbocycles. The number of ether oxygens (including phenoxy) is 1. The Bertz CT molecular complexity index is 588. The molecule has 4 aliphatic rings. The van der Waals surface area contributed by atoms with Crippen molar-refractivity contribution in [1.29, 1.82) is 0 Å². The van der Waals surface area contributed by atoms with Crippen LogP contribution in [0.4, 0.5) is 0 Å². The zero-order valence-corrected chi connectivity index (χ0v) is 18.6. The number of fused-ring (bicyclic) bond motifs is 5. The molecule has 0 spiro atoms. The van der Waals surface area contributed by atoms with Gasteiger partial charge in [-0.2, -0.15) is 0 Å². The van der Waals surface area contributed by atoms with Crippen molar-refractivity contribution < 1.29 is 14.6 Å². The van der Waals surface area contributed by atoms with Crippen LogP contribution in [-0.2, 0) is 9.53 Å². The molecule has 0 aliphatic heterocycles. The first-order valence-corrected chi connectivity index (χ1v) is 12.1. The van der Waals surface area contributed by atoms with Gasteiger partial charge in [-0.05, 0) is 97.7 Å². The third kappa shape index (κ3) is 3.06. The van der Waals surface area contributed by atoms with E-state index in [2.05, 4.69) is 20.8 Å². The van der Waals surface area contributed by atoms with Gasteiger partial charge in [0.25, 0.3) is 0 Å². The summed E-state index contributed by atoms with van der Waals surface area (Å²) in [4.78, 5) is 11.6. The average molecular weight is 391 g/mol. The van der Waals surface area contributed by atoms with Gasteiger partial charge < -0.3 is 9.84 Å². The number of esters is 1. The first-order valence-electron chi connectivity index (χ1n) is 12.1. The van der Waals surface area contributed by atoms with Crippen LogP contribution in [-0.4, -0.2) is 24.3 Å². The van der Waals surface area contributed by atoms with Crippen LogP contribution in [0.2, 0.25) is 0 Å². The molecule has 3 heteroatoms. The summed E-state index contributed by atoms with van der Waals surface area (Å²) in [6.07, 6.45) is 13.2. The lowest BCUT2D eigenvalue weighted by Crippen LogP contribution is -2.58. The Labute approximate surface area is 172 Å². The molecule has 3 nitrogen and oxygen atoms in total. The minimum absolute atomic E-state index is 0.0363. The molecule has 4 saturated carbocycles. The lowest BCUT2D eigenvalue weighted by Gasteiger charge is -2.62. The van der Waals surface area contributed by atoms with Crippen LogP contribution in [0.5, 0.6) is 0 Å². The Hall–Kier alpha value is -0.570. The van der Waals surface area contributed by atoms with Gasteiger partial charge in [0.1, 0.15) is 0 Å². The zero-order valence-electron chi connectivity index (χ0n) is 18.6. The first kappa shape index (κ1) is 20.7. The van der Waals surface area contributed by atoms with Gasteiger partial charge in [0, 0.05) is 6.42 Å². The van der Waals surface area contributed by atoms with Crippen molar-refractivity contribution in [2.24, 2.45) is 46.3 Å². The van der Waals surface area contributed by atoms with Gasteiger partial charge in [-0.3, -0.25) is 4.79 Å². The molecule has 4 aliphatic carbocycles. The van der Waals surface area contributed by atoms with Crippen molar-refractivity contribution in [3.8, 4) is 0 Å². The minimum atomic E-state index is -0.177. The summed E-state index contributed by atoms with van der Waals surface area (Å²) in [5, 5.41) is 11.5. The number of rotatable bonds is 4. The van der Waals surface area contributed by atoms with E-state index in [0.717, 1.165) is 30.6 Å². The lowest BCUT2D eigenvalue weighted by atomic mass is 9.44. The number of carbonyl (C=O) groups excluding carboxylic acids is 1. The highest BCUT2D eigenvalue weighted by Gasteiger charge is 2.63. The Balaban J connectivity index is 1.54. The van der Waals surface area contributed by atoms with E-state index in [0.29, 0.717) is 29.6 Å². The molecule has 160 valence electrons. The second-order valence-electron chi connectivity index (χ2n) is 11.3. The number of aliphatic hydroxyl groups is 1. The van der Waals surface area contributed by atoms with Crippen molar-refractivity contribution >= 4 is 5.97 Å². The molecular weight excluding hydrogens is 348 g/mol. The maximum absolute atomic E-state index is 11.6. The van der Waals surface area contributed by atoms with Gasteiger partial charge in [-0.25, -0.2) is 0 Å². The third-order valence-corrected chi connectivity index (χ3v) is 10.5. The summed E-state index contributed by atoms with van der Waals surface area (Å²) >= 11 is 0. The van der Waals surface area contributed by atoms with Gasteiger partial charge in [0.2, 0.25) is 0 Å². The second kappa shape index (κ2) is 7.60. The summed E-state index contributed by atoms with van der Waals surface area (Å²) in [6.45, 7) is 7.29. The van der Waals surface area contributed by atoms with Crippen LogP contribution in [0, 0.1) is 46.3 Å². The first-order chi connectivity index (χ1) is 13.3. The highest BCUT2D eigenvalue weighted by Crippen LogP contribution is 2.68. The van der Waals surface area contributed by atoms with Gasteiger partial charge in [-0.15, -0.1) is 0 Å². The second-order valence-corrected chi connectivity index (χ2v) is 11.3. The number of carbonyl (C=O) groups is 1. The number of methoxy groups -OCH3 is 1. The van der Waals surface area contributed by atoms with Crippen LogP contribution in [0.25, 0.3) is 0 Å². The maximum Gasteiger partial charge on any atom is 0.305 e. The van der Waals surface area contributed by atoms with Crippen LogP contribution < -0.4 is 0 Å². The molecule has 0 aromatic heterocycles. The lowest BCUT2D eigenvalue weighted by molar-refractivity contribution is -0.168. The average Bonchev–Trinajstić information content (AvgIpc) is 3.05. The molecule has 0 heterocycles. The normalized spacial score (nSPS) is 48.9. The van der Waals surface area contributed by atoms with E-state index in [1.54, 1.807) is 0 Å². The Morgan fingerprint density at radius 2 is 1.89 bits per heavy atom. The molecule has 0 saturated heterocycles. The van der Waals surface area contributed by atoms with Crippen molar-refractivity contribution in [2.45, 2.75) is 97.5 Å². The van der Waals surface area contributed by atoms with Crippen LogP contribution >= 0.6 is 0 Å². The van der Waals surface area contributed by atoms with Gasteiger partial charge in [-0.1, -0.05) is 33.6 Å². The predicted octanol–water partition coefficient (Wildman–Crippen LogP) is 5.60. The Morgan fingerprint density at radius 1 is 1.11 bits per heavy atom. The molecule has 28 heavy (non-hydrogen) atoms. The highest BCUT2D eigenvalue weighted by molar-refractivity contribution is 5.69. The van der Waals surface area contributed by atoms with Crippen molar-refractivity contribution in [2.75, 3.05) is 7.11 Å². The standard InChI is InChI=1S/C25H42O3/c1-16(8-13-23(27)28-4)19-11-12-20-18-10-9-17-7-5-6-14-24(17,2)21(18)15-22(26)25(19,20)3/h16-22,26H,5-15H2,1-4H3/t16-,17+,18+,19+,20-,21-,22+,24+,25+/m1/s1. The maximum atomic E-state index is 11.6. The summed E-state index contributed by atoms with van der Waals surface area (Å²) in [5.74, 6) is 4.02. The summed E-state index contributed by atoms with van der Waals surface area (Å²) in [5.41, 5.74) is 0.507. The summed E-state index contributed by atoms with van der Waals surface area (Å²) < 4.78 is 4.86. The van der Waals surface area contributed by atoms with E-state index < -0.39 is 0 Å². The van der Waals surface area contributed by atoms with Crippen molar-refractivity contribution in [1.82, 2.24) is 0 Å². The predicted molar refractivity (Wildman–Crippen MR) is 112 cm³/mol. The van der Waals surface area contributed by atoms with Gasteiger partial charge in [0.05, 0.1) is 13.2 Å². The van der Waals surface area contributed by atoms with Crippen molar-refractivity contribution in [3.63, 3.8) is 0 Å². The SMILES string of the molecule is COC(=O)CC[C@@H](C)[C@@H]1CC[C@@H]2[C@@H]3CC[C@@H]4CCCC[C@]4(C)[C@@H]3C[C@H](O)[C@]21C. The van der Waals surface area contributed by atoms with Crippen molar-refractivity contribution in [3.05, 3.63) is 0 Å². The summed E-state index contributed by atoms with van der Waals surface area (Å²) in [6, 6.07) is 0. The molecule has 0 aromatic rings. The number of hydrogen-bond donors (Lipinski definition) is 1. The molecule has 0 radical (unpaired) electrons. The minimum Gasteiger partial charge on any atom is -0.469 e. The number of aliphatic hydroxyl groups excluding tert-OH is 1. The monoisotopic (exact) mass is 390 g/mol. The van der Waals surface area contributed by atoms with E-state index in [9.17, 15) is 9.90 Å². The van der Waals surface area contributed by atoms with E-state index in [-0.39, 0.29) is 17.5 Å². The molecule has 0 unspecified atom stereocenters. The van der Waals surface area contributed by atoms with E-state index in [1.165, 1.54) is 58.5 Å². The largest absolute Gasteiger partial charge is 0.469 e.